The van der Waals surface area contributed by atoms with E-state index in [2.05, 4.69) is 57.7 Å². The molecule has 2 aromatic heterocycles. The largest absolute Gasteiger partial charge is 0.369 e. The van der Waals surface area contributed by atoms with Crippen molar-refractivity contribution in [2.45, 2.75) is 25.9 Å². The maximum absolute atomic E-state index is 6.02. The van der Waals surface area contributed by atoms with E-state index in [0.29, 0.717) is 0 Å². The van der Waals surface area contributed by atoms with Crippen LogP contribution in [0.5, 0.6) is 0 Å². The maximum atomic E-state index is 6.02. The van der Waals surface area contributed by atoms with Crippen LogP contribution in [0, 0.1) is 0 Å². The van der Waals surface area contributed by atoms with Gasteiger partial charge in [-0.3, -0.25) is 4.90 Å². The molecule has 7 heteroatoms. The Hall–Kier alpha value is -2.35. The second kappa shape index (κ2) is 9.23. The normalized spacial score (nSPS) is 17.5. The predicted octanol–water partition coefficient (Wildman–Crippen LogP) is 3.86. The highest BCUT2D eigenvalue weighted by Gasteiger charge is 2.23. The number of benzene rings is 1. The first kappa shape index (κ1) is 19.0. The lowest BCUT2D eigenvalue weighted by atomic mass is 10.1. The predicted molar refractivity (Wildman–Crippen MR) is 112 cm³/mol. The first-order valence-corrected chi connectivity index (χ1v) is 10.6. The van der Waals surface area contributed by atoms with Gasteiger partial charge in [-0.25, -0.2) is 4.98 Å². The third-order valence-corrected chi connectivity index (χ3v) is 5.80. The average molecular weight is 396 g/mol. The van der Waals surface area contributed by atoms with E-state index in [1.807, 2.05) is 18.2 Å². The Morgan fingerprint density at radius 3 is 2.86 bits per heavy atom. The van der Waals surface area contributed by atoms with Gasteiger partial charge < -0.3 is 10.1 Å². The Morgan fingerprint density at radius 2 is 2.04 bits per heavy atom. The van der Waals surface area contributed by atoms with Crippen LogP contribution in [0.3, 0.4) is 0 Å². The molecule has 3 aromatic rings. The van der Waals surface area contributed by atoms with Gasteiger partial charge in [0.2, 0.25) is 5.13 Å². The second-order valence-electron chi connectivity index (χ2n) is 6.82. The minimum Gasteiger partial charge on any atom is -0.369 e. The molecule has 1 aromatic carbocycles. The zero-order chi connectivity index (χ0) is 19.2. The summed E-state index contributed by atoms with van der Waals surface area (Å²) >= 11 is 1.56. The summed E-state index contributed by atoms with van der Waals surface area (Å²) in [5.41, 5.74) is 2.33. The third kappa shape index (κ3) is 4.92. The van der Waals surface area contributed by atoms with E-state index in [9.17, 15) is 0 Å². The number of morpholine rings is 1. The van der Waals surface area contributed by atoms with Gasteiger partial charge in [0.25, 0.3) is 0 Å². The maximum Gasteiger partial charge on any atom is 0.211 e. The number of hydrogen-bond acceptors (Lipinski definition) is 7. The molecular weight excluding hydrogens is 370 g/mol. The van der Waals surface area contributed by atoms with Gasteiger partial charge in [0.05, 0.1) is 12.3 Å². The van der Waals surface area contributed by atoms with Gasteiger partial charge in [0.1, 0.15) is 16.9 Å². The molecule has 1 N–H and O–H groups in total. The molecule has 0 bridgehead atoms. The molecule has 1 atom stereocenters. The number of rotatable bonds is 7. The van der Waals surface area contributed by atoms with Crippen LogP contribution in [0.1, 0.15) is 29.3 Å². The molecular formula is C21H25N5OS. The van der Waals surface area contributed by atoms with Crippen LogP contribution in [-0.2, 0) is 17.6 Å². The number of anilines is 2. The zero-order valence-electron chi connectivity index (χ0n) is 16.0. The van der Waals surface area contributed by atoms with Crippen LogP contribution in [-0.4, -0.2) is 46.3 Å². The van der Waals surface area contributed by atoms with E-state index in [1.165, 1.54) is 5.56 Å². The molecule has 1 aliphatic rings. The summed E-state index contributed by atoms with van der Waals surface area (Å²) in [6.07, 6.45) is 1.94. The van der Waals surface area contributed by atoms with Crippen molar-refractivity contribution in [2.75, 3.05) is 31.6 Å². The third-order valence-electron chi connectivity index (χ3n) is 4.81. The van der Waals surface area contributed by atoms with E-state index in [-0.39, 0.29) is 6.10 Å². The molecule has 6 nitrogen and oxygen atoms in total. The van der Waals surface area contributed by atoms with Gasteiger partial charge in [-0.1, -0.05) is 54.7 Å². The molecule has 1 saturated heterocycles. The molecule has 0 spiro atoms. The number of aryl methyl sites for hydroxylation is 1. The van der Waals surface area contributed by atoms with Crippen LogP contribution < -0.4 is 5.32 Å². The van der Waals surface area contributed by atoms with Crippen LogP contribution in [0.15, 0.2) is 48.5 Å². The Labute approximate surface area is 169 Å². The van der Waals surface area contributed by atoms with Gasteiger partial charge >= 0.3 is 0 Å². The lowest BCUT2D eigenvalue weighted by Crippen LogP contribution is -2.39. The van der Waals surface area contributed by atoms with E-state index in [0.717, 1.165) is 60.7 Å². The fraction of sp³-hybridized carbons (Fsp3) is 0.381. The quantitative estimate of drug-likeness (QED) is 0.655. The number of pyridine rings is 1. The fourth-order valence-electron chi connectivity index (χ4n) is 3.27. The zero-order valence-corrected chi connectivity index (χ0v) is 16.9. The minimum atomic E-state index is -0.00750. The van der Waals surface area contributed by atoms with Gasteiger partial charge in [0.15, 0.2) is 0 Å². The summed E-state index contributed by atoms with van der Waals surface area (Å²) in [6, 6.07) is 16.6. The van der Waals surface area contributed by atoms with Crippen LogP contribution >= 0.6 is 11.3 Å². The van der Waals surface area contributed by atoms with Gasteiger partial charge in [0, 0.05) is 19.6 Å². The van der Waals surface area contributed by atoms with E-state index in [4.69, 9.17) is 9.72 Å². The van der Waals surface area contributed by atoms with Gasteiger partial charge in [-0.2, -0.15) is 0 Å². The molecule has 1 aliphatic heterocycles. The standard InChI is InChI=1S/C21H25N5OS/c1-2-20-24-25-21(28-20)23-19-10-6-9-17(22-19)18-15-26(13-14-27-18)12-11-16-7-4-3-5-8-16/h3-10,18H,2,11-15H2,1H3,(H,22,23,25)/t18-/m1/s1. The van der Waals surface area contributed by atoms with Crippen molar-refractivity contribution in [1.29, 1.82) is 0 Å². The molecule has 1 fully saturated rings. The Bertz CT molecular complexity index is 885. The smallest absolute Gasteiger partial charge is 0.211 e. The lowest BCUT2D eigenvalue weighted by Gasteiger charge is -2.32. The van der Waals surface area contributed by atoms with Crippen LogP contribution in [0.2, 0.25) is 0 Å². The number of nitrogens with zero attached hydrogens (tertiary/aromatic N) is 4. The van der Waals surface area contributed by atoms with Crippen LogP contribution in [0.4, 0.5) is 10.9 Å². The summed E-state index contributed by atoms with van der Waals surface area (Å²) < 4.78 is 6.02. The molecule has 0 aliphatic carbocycles. The van der Waals surface area contributed by atoms with Crippen molar-refractivity contribution in [1.82, 2.24) is 20.1 Å². The number of hydrogen-bond donors (Lipinski definition) is 1. The van der Waals surface area contributed by atoms with Crippen molar-refractivity contribution in [3.8, 4) is 0 Å². The molecule has 0 amide bonds. The molecule has 28 heavy (non-hydrogen) atoms. The SMILES string of the molecule is CCc1nnc(Nc2cccc([C@H]3CN(CCc4ccccc4)CCO3)n2)s1. The van der Waals surface area contributed by atoms with Crippen molar-refractivity contribution in [3.05, 3.63) is 64.8 Å². The average Bonchev–Trinajstić information content (AvgIpc) is 3.21. The number of aromatic nitrogens is 3. The fourth-order valence-corrected chi connectivity index (χ4v) is 3.96. The Morgan fingerprint density at radius 1 is 1.14 bits per heavy atom. The van der Waals surface area contributed by atoms with E-state index in [1.54, 1.807) is 11.3 Å². The monoisotopic (exact) mass is 395 g/mol. The van der Waals surface area contributed by atoms with Gasteiger partial charge in [-0.05, 0) is 30.5 Å². The number of nitrogens with one attached hydrogen (secondary N) is 1. The molecule has 0 unspecified atom stereocenters. The summed E-state index contributed by atoms with van der Waals surface area (Å²) in [5, 5.41) is 13.4. The summed E-state index contributed by atoms with van der Waals surface area (Å²) in [4.78, 5) is 7.22. The second-order valence-corrected chi connectivity index (χ2v) is 7.88. The summed E-state index contributed by atoms with van der Waals surface area (Å²) in [5.74, 6) is 0.779. The lowest BCUT2D eigenvalue weighted by molar-refractivity contribution is -0.0315. The van der Waals surface area contributed by atoms with Crippen molar-refractivity contribution >= 4 is 22.3 Å². The first-order valence-electron chi connectivity index (χ1n) is 9.74. The topological polar surface area (TPSA) is 63.2 Å². The Kier molecular flexibility index (Phi) is 6.26. The number of ether oxygens (including phenoxy) is 1. The summed E-state index contributed by atoms with van der Waals surface area (Å²) in [7, 11) is 0. The van der Waals surface area contributed by atoms with E-state index >= 15 is 0 Å². The highest BCUT2D eigenvalue weighted by atomic mass is 32.1. The van der Waals surface area contributed by atoms with Crippen molar-refractivity contribution in [2.24, 2.45) is 0 Å². The summed E-state index contributed by atoms with van der Waals surface area (Å²) in [6.45, 7) is 5.67. The minimum absolute atomic E-state index is 0.00750. The van der Waals surface area contributed by atoms with Crippen LogP contribution in [0.25, 0.3) is 0 Å². The molecule has 0 radical (unpaired) electrons. The van der Waals surface area contributed by atoms with Gasteiger partial charge in [-0.15, -0.1) is 10.2 Å². The highest BCUT2D eigenvalue weighted by Crippen LogP contribution is 2.24. The molecule has 3 heterocycles. The van der Waals surface area contributed by atoms with Crippen molar-refractivity contribution in [3.63, 3.8) is 0 Å². The molecule has 0 saturated carbocycles. The highest BCUT2D eigenvalue weighted by molar-refractivity contribution is 7.15. The van der Waals surface area contributed by atoms with Crippen molar-refractivity contribution < 1.29 is 4.74 Å². The Balaban J connectivity index is 1.37. The first-order chi connectivity index (χ1) is 13.8. The molecule has 146 valence electrons. The molecule has 4 rings (SSSR count). The van der Waals surface area contributed by atoms with E-state index < -0.39 is 0 Å².